The molecule has 2 nitrogen and oxygen atoms in total. The first-order valence-electron chi connectivity index (χ1n) is 4.72. The van der Waals surface area contributed by atoms with Gasteiger partial charge in [-0.15, -0.1) is 0 Å². The van der Waals surface area contributed by atoms with Crippen molar-refractivity contribution >= 4 is 35.3 Å². The van der Waals surface area contributed by atoms with E-state index in [2.05, 4.69) is 4.98 Å². The summed E-state index contributed by atoms with van der Waals surface area (Å²) < 4.78 is 39.0. The Labute approximate surface area is 105 Å². The van der Waals surface area contributed by atoms with Gasteiger partial charge < -0.3 is 17.3 Å². The molecule has 0 heterocycles. The van der Waals surface area contributed by atoms with Crippen molar-refractivity contribution in [2.45, 2.75) is 0 Å². The molecule has 8 heteroatoms. The smallest absolute Gasteiger partial charge is 0.418 e. The van der Waals surface area contributed by atoms with Gasteiger partial charge >= 0.3 is 12.9 Å². The van der Waals surface area contributed by atoms with Crippen LogP contribution in [-0.2, 0) is 0 Å². The van der Waals surface area contributed by atoms with E-state index in [0.717, 1.165) is 10.8 Å². The number of hydrogen-bond donors (Lipinski definition) is 0. The maximum atomic E-state index is 9.75. The zero-order valence-corrected chi connectivity index (χ0v) is 9.58. The quantitative estimate of drug-likeness (QED) is 0.365. The lowest BCUT2D eigenvalue weighted by Gasteiger charge is -1.94. The monoisotopic (exact) mass is 276 g/mol. The first-order valence-corrected chi connectivity index (χ1v) is 5.10. The van der Waals surface area contributed by atoms with Crippen LogP contribution in [0.25, 0.3) is 15.7 Å². The molecule has 2 rings (SSSR count). The van der Waals surface area contributed by atoms with Crippen LogP contribution in [0.4, 0.5) is 23.0 Å². The molecule has 0 fully saturated rings. The molecule has 0 saturated heterocycles. The highest BCUT2D eigenvalue weighted by Gasteiger charge is 2.20. The molecule has 0 N–H and O–H groups in total. The average Bonchev–Trinajstić information content (AvgIpc) is 2.25. The minimum absolute atomic E-state index is 0.564. The van der Waals surface area contributed by atoms with E-state index in [1.807, 2.05) is 24.3 Å². The van der Waals surface area contributed by atoms with Crippen LogP contribution >= 0.6 is 11.6 Å². The molecule has 0 aromatic heterocycles. The molecule has 18 heavy (non-hydrogen) atoms. The molecule has 0 saturated carbocycles. The zero-order valence-electron chi connectivity index (χ0n) is 8.83. The molecule has 0 atom stereocenters. The minimum Gasteiger partial charge on any atom is -0.418 e. The summed E-state index contributed by atoms with van der Waals surface area (Å²) in [5.41, 5.74) is 0.564. The Morgan fingerprint density at radius 1 is 1.06 bits per heavy atom. The van der Waals surface area contributed by atoms with Gasteiger partial charge in [-0.05, 0) is 23.6 Å². The highest BCUT2D eigenvalue weighted by atomic mass is 35.5. The molecule has 0 unspecified atom stereocenters. The Kier molecular flexibility index (Phi) is 4.51. The van der Waals surface area contributed by atoms with E-state index in [1.165, 1.54) is 0 Å². The molecular weight excluding hydrogens is 270 g/mol. The average molecular weight is 276 g/mol. The summed E-state index contributed by atoms with van der Waals surface area (Å²) >= 11 is 5.82. The van der Waals surface area contributed by atoms with E-state index in [9.17, 15) is 17.3 Å². The second-order valence-corrected chi connectivity index (χ2v) is 3.67. The third-order valence-corrected chi connectivity index (χ3v) is 2.16. The predicted molar refractivity (Wildman–Crippen MR) is 63.9 cm³/mol. The Bertz CT molecular complexity index is 588. The topological polar surface area (TPSA) is 28.1 Å². The Balaban J connectivity index is 0.000000280. The molecule has 0 aliphatic heterocycles. The largest absolute Gasteiger partial charge is 0.673 e. The first-order chi connectivity index (χ1) is 8.31. The fourth-order valence-electron chi connectivity index (χ4n) is 1.32. The van der Waals surface area contributed by atoms with Crippen molar-refractivity contribution in [3.05, 3.63) is 46.4 Å². The number of hydrogen-bond acceptors (Lipinski definition) is 1. The first kappa shape index (κ1) is 14.3. The van der Waals surface area contributed by atoms with E-state index >= 15 is 0 Å². The van der Waals surface area contributed by atoms with Crippen LogP contribution in [0.15, 0.2) is 36.4 Å². The van der Waals surface area contributed by atoms with Gasteiger partial charge in [-0.3, -0.25) is 0 Å². The fourth-order valence-corrected chi connectivity index (χ4v) is 1.51. The number of benzene rings is 2. The van der Waals surface area contributed by atoms with E-state index in [1.54, 1.807) is 12.1 Å². The molecule has 0 amide bonds. The van der Waals surface area contributed by atoms with Gasteiger partial charge in [0.1, 0.15) is 0 Å². The van der Waals surface area contributed by atoms with Gasteiger partial charge in [0.15, 0.2) is 4.98 Å². The van der Waals surface area contributed by atoms with Gasteiger partial charge in [-0.25, -0.2) is 0 Å². The van der Waals surface area contributed by atoms with Crippen LogP contribution in [0.5, 0.6) is 0 Å². The summed E-state index contributed by atoms with van der Waals surface area (Å²) in [6.45, 7) is 0. The Morgan fingerprint density at radius 2 is 1.67 bits per heavy atom. The lowest BCUT2D eigenvalue weighted by atomic mass is 10.1. The number of diazo groups is 1. The van der Waals surface area contributed by atoms with Gasteiger partial charge in [0, 0.05) is 11.1 Å². The van der Waals surface area contributed by atoms with Crippen molar-refractivity contribution in [3.63, 3.8) is 0 Å². The normalized spacial score (nSPS) is 10.4. The zero-order chi connectivity index (χ0) is 13.8. The van der Waals surface area contributed by atoms with Crippen molar-refractivity contribution in [1.29, 1.82) is 5.39 Å². The van der Waals surface area contributed by atoms with Gasteiger partial charge in [-0.2, -0.15) is 0 Å². The van der Waals surface area contributed by atoms with E-state index < -0.39 is 7.25 Å². The summed E-state index contributed by atoms with van der Waals surface area (Å²) in [5.74, 6) is 0. The molecule has 0 aliphatic carbocycles. The second kappa shape index (κ2) is 5.69. The van der Waals surface area contributed by atoms with Crippen molar-refractivity contribution in [1.82, 2.24) is 0 Å². The summed E-state index contributed by atoms with van der Waals surface area (Å²) in [6, 6.07) is 11.0. The molecule has 0 radical (unpaired) electrons. The van der Waals surface area contributed by atoms with Crippen molar-refractivity contribution < 1.29 is 17.3 Å². The number of fused-ring (bicyclic) bond motifs is 1. The maximum Gasteiger partial charge on any atom is 0.673 e. The second-order valence-electron chi connectivity index (χ2n) is 3.24. The van der Waals surface area contributed by atoms with Crippen LogP contribution in [-0.4, -0.2) is 7.25 Å². The third-order valence-electron chi connectivity index (χ3n) is 1.93. The fraction of sp³-hybridized carbons (Fsp3) is 0. The molecule has 0 spiro atoms. The molecule has 2 aromatic rings. The van der Waals surface area contributed by atoms with Crippen LogP contribution in [0, 0.1) is 5.39 Å². The molecule has 0 aliphatic rings. The summed E-state index contributed by atoms with van der Waals surface area (Å²) in [7, 11) is -6.00. The van der Waals surface area contributed by atoms with E-state index in [4.69, 9.17) is 17.0 Å². The van der Waals surface area contributed by atoms with Crippen molar-refractivity contribution in [2.24, 2.45) is 0 Å². The molecule has 94 valence electrons. The standard InChI is InChI=1S/C10H6ClN2.BF4/c11-8-4-5-9-7(6-8)2-1-3-10(9)13-12;2-1(3,4)5/h1-6H;/q+1;-1. The van der Waals surface area contributed by atoms with Crippen LogP contribution in [0.3, 0.4) is 0 Å². The lowest BCUT2D eigenvalue weighted by Crippen LogP contribution is -2.02. The Hall–Kier alpha value is -1.81. The van der Waals surface area contributed by atoms with Crippen LogP contribution in [0.2, 0.25) is 5.02 Å². The summed E-state index contributed by atoms with van der Waals surface area (Å²) in [5, 5.41) is 11.3. The van der Waals surface area contributed by atoms with E-state index in [-0.39, 0.29) is 0 Å². The Morgan fingerprint density at radius 3 is 2.22 bits per heavy atom. The summed E-state index contributed by atoms with van der Waals surface area (Å²) in [4.78, 5) is 3.19. The number of halogens is 5. The van der Waals surface area contributed by atoms with Crippen molar-refractivity contribution in [2.75, 3.05) is 0 Å². The highest BCUT2D eigenvalue weighted by molar-refractivity contribution is 6.50. The van der Waals surface area contributed by atoms with E-state index in [0.29, 0.717) is 10.7 Å². The van der Waals surface area contributed by atoms with Crippen LogP contribution in [0.1, 0.15) is 0 Å². The van der Waals surface area contributed by atoms with Crippen molar-refractivity contribution in [3.8, 4) is 0 Å². The van der Waals surface area contributed by atoms with Gasteiger partial charge in [0.25, 0.3) is 0 Å². The molecule has 0 bridgehead atoms. The van der Waals surface area contributed by atoms with Crippen LogP contribution < -0.4 is 0 Å². The van der Waals surface area contributed by atoms with Gasteiger partial charge in [-0.1, -0.05) is 23.7 Å². The minimum atomic E-state index is -6.00. The summed E-state index contributed by atoms with van der Waals surface area (Å²) in [6.07, 6.45) is 0. The molecular formula is C10H6BClF4N2. The number of nitrogens with zero attached hydrogens (tertiary/aromatic N) is 2. The van der Waals surface area contributed by atoms with Gasteiger partial charge in [0.2, 0.25) is 5.39 Å². The highest BCUT2D eigenvalue weighted by Crippen LogP contribution is 2.27. The number of rotatable bonds is 0. The molecule has 2 aromatic carbocycles. The SMILES string of the molecule is F[B-](F)(F)F.N#[N+]c1cccc2cc(Cl)ccc12. The lowest BCUT2D eigenvalue weighted by molar-refractivity contribution is 0.368. The maximum absolute atomic E-state index is 9.75. The predicted octanol–water partition coefficient (Wildman–Crippen LogP) is 5.28. The van der Waals surface area contributed by atoms with Gasteiger partial charge in [0.05, 0.1) is 5.39 Å². The third kappa shape index (κ3) is 4.59.